The minimum atomic E-state index is -5.78. The summed E-state index contributed by atoms with van der Waals surface area (Å²) < 4.78 is 68.8. The van der Waals surface area contributed by atoms with Gasteiger partial charge in [-0.05, 0) is 0 Å². The van der Waals surface area contributed by atoms with Crippen LogP contribution in [-0.4, -0.2) is 50.7 Å². The number of hydrogen-bond donors (Lipinski definition) is 3. The largest absolute Gasteiger partial charge is 0.483 e. The zero-order valence-electron chi connectivity index (χ0n) is 12.6. The van der Waals surface area contributed by atoms with Gasteiger partial charge in [-0.2, -0.15) is 27.1 Å². The standard InChI is InChI=1S/C13H10F5N5O3/c14-12(15,13(16,17)18)5-26-8-3-7(22-23-2-1-19-9(8)23)6-4-20-11(25)21-10(6)24/h1-4,11,20,25H,5H2,(H,21,24). The molecule has 3 rings (SSSR count). The maximum Gasteiger partial charge on any atom is 0.456 e. The molecule has 0 fully saturated rings. The van der Waals surface area contributed by atoms with Gasteiger partial charge in [0.2, 0.25) is 6.35 Å². The third-order valence-electron chi connectivity index (χ3n) is 3.32. The highest BCUT2D eigenvalue weighted by atomic mass is 19.4. The number of nitrogens with one attached hydrogen (secondary N) is 2. The maximum atomic E-state index is 13.1. The lowest BCUT2D eigenvalue weighted by atomic mass is 10.1. The molecule has 140 valence electrons. The number of carbonyl (C=O) groups is 1. The summed E-state index contributed by atoms with van der Waals surface area (Å²) in [5, 5.41) is 17.8. The molecular weight excluding hydrogens is 369 g/mol. The predicted molar refractivity (Wildman–Crippen MR) is 74.7 cm³/mol. The first-order valence-corrected chi connectivity index (χ1v) is 6.96. The summed E-state index contributed by atoms with van der Waals surface area (Å²) in [7, 11) is 0. The minimum absolute atomic E-state index is 0.0988. The van der Waals surface area contributed by atoms with Crippen LogP contribution in [0.3, 0.4) is 0 Å². The predicted octanol–water partition coefficient (Wildman–Crippen LogP) is 0.642. The van der Waals surface area contributed by atoms with E-state index in [1.165, 1.54) is 12.4 Å². The molecule has 8 nitrogen and oxygen atoms in total. The first-order chi connectivity index (χ1) is 12.1. The topological polar surface area (TPSA) is 101 Å². The molecule has 0 saturated heterocycles. The number of carbonyl (C=O) groups excluding carboxylic acids is 1. The van der Waals surface area contributed by atoms with Gasteiger partial charge in [0.1, 0.15) is 5.69 Å². The van der Waals surface area contributed by atoms with Crippen LogP contribution in [0.25, 0.3) is 11.2 Å². The number of hydrogen-bond acceptors (Lipinski definition) is 6. The van der Waals surface area contributed by atoms with Crippen molar-refractivity contribution >= 4 is 17.1 Å². The summed E-state index contributed by atoms with van der Waals surface area (Å²) in [5.74, 6) is -6.24. The van der Waals surface area contributed by atoms with Gasteiger partial charge < -0.3 is 20.5 Å². The first kappa shape index (κ1) is 17.8. The van der Waals surface area contributed by atoms with E-state index in [9.17, 15) is 31.9 Å². The highest BCUT2D eigenvalue weighted by molar-refractivity contribution is 6.19. The number of rotatable bonds is 4. The molecule has 0 saturated carbocycles. The fraction of sp³-hybridized carbons (Fsp3) is 0.308. The van der Waals surface area contributed by atoms with Crippen molar-refractivity contribution in [2.45, 2.75) is 18.5 Å². The summed E-state index contributed by atoms with van der Waals surface area (Å²) in [4.78, 5) is 15.7. The molecule has 2 aromatic heterocycles. The van der Waals surface area contributed by atoms with E-state index in [0.29, 0.717) is 0 Å². The van der Waals surface area contributed by atoms with E-state index >= 15 is 0 Å². The Morgan fingerprint density at radius 3 is 2.69 bits per heavy atom. The van der Waals surface area contributed by atoms with Gasteiger partial charge in [-0.15, -0.1) is 0 Å². The lowest BCUT2D eigenvalue weighted by Crippen LogP contribution is -2.47. The molecule has 3 N–H and O–H groups in total. The van der Waals surface area contributed by atoms with Crippen molar-refractivity contribution in [3.05, 3.63) is 30.4 Å². The molecule has 0 aliphatic carbocycles. The van der Waals surface area contributed by atoms with Crippen LogP contribution < -0.4 is 15.4 Å². The molecule has 13 heteroatoms. The Hall–Kier alpha value is -2.96. The molecule has 0 aromatic carbocycles. The fourth-order valence-corrected chi connectivity index (χ4v) is 2.04. The number of ether oxygens (including phenoxy) is 1. The summed E-state index contributed by atoms with van der Waals surface area (Å²) >= 11 is 0. The number of nitrogens with zero attached hydrogens (tertiary/aromatic N) is 3. The second-order valence-electron chi connectivity index (χ2n) is 5.18. The van der Waals surface area contributed by atoms with Gasteiger partial charge in [-0.3, -0.25) is 4.79 Å². The third-order valence-corrected chi connectivity index (χ3v) is 3.32. The smallest absolute Gasteiger partial charge is 0.456 e. The minimum Gasteiger partial charge on any atom is -0.483 e. The molecule has 0 bridgehead atoms. The molecule has 26 heavy (non-hydrogen) atoms. The Balaban J connectivity index is 1.96. The SMILES string of the molecule is O=C1NC(O)NC=C1c1cc(OCC(F)(F)C(F)(F)F)c2nccn2n1. The van der Waals surface area contributed by atoms with Crippen LogP contribution in [0.1, 0.15) is 5.69 Å². The van der Waals surface area contributed by atoms with Crippen LogP contribution in [0, 0.1) is 0 Å². The van der Waals surface area contributed by atoms with E-state index in [2.05, 4.69) is 25.5 Å². The molecule has 0 spiro atoms. The summed E-state index contributed by atoms with van der Waals surface area (Å²) in [6, 6.07) is 1.000. The Morgan fingerprint density at radius 1 is 1.31 bits per heavy atom. The second kappa shape index (κ2) is 6.09. The normalized spacial score (nSPS) is 18.3. The average molecular weight is 379 g/mol. The van der Waals surface area contributed by atoms with Gasteiger partial charge in [0.15, 0.2) is 18.0 Å². The van der Waals surface area contributed by atoms with Crippen LogP contribution in [0.5, 0.6) is 5.75 Å². The van der Waals surface area contributed by atoms with Crippen LogP contribution in [0.4, 0.5) is 22.0 Å². The molecule has 1 aliphatic heterocycles. The zero-order chi connectivity index (χ0) is 19.1. The van der Waals surface area contributed by atoms with E-state index < -0.39 is 36.7 Å². The van der Waals surface area contributed by atoms with E-state index in [1.54, 1.807) is 0 Å². The highest BCUT2D eigenvalue weighted by Crippen LogP contribution is 2.36. The Bertz CT molecular complexity index is 879. The van der Waals surface area contributed by atoms with E-state index in [-0.39, 0.29) is 16.9 Å². The number of aromatic nitrogens is 3. The zero-order valence-corrected chi connectivity index (χ0v) is 12.6. The number of halogens is 5. The number of fused-ring (bicyclic) bond motifs is 1. The molecule has 2 aromatic rings. The number of alkyl halides is 5. The van der Waals surface area contributed by atoms with Crippen molar-refractivity contribution in [2.75, 3.05) is 6.61 Å². The van der Waals surface area contributed by atoms with Crippen LogP contribution in [0.2, 0.25) is 0 Å². The molecule has 3 heterocycles. The van der Waals surface area contributed by atoms with Crippen LogP contribution in [0.15, 0.2) is 24.7 Å². The lowest BCUT2D eigenvalue weighted by molar-refractivity contribution is -0.289. The average Bonchev–Trinajstić information content (AvgIpc) is 3.00. The van der Waals surface area contributed by atoms with Crippen LogP contribution in [-0.2, 0) is 4.79 Å². The molecule has 1 aliphatic rings. The van der Waals surface area contributed by atoms with Gasteiger partial charge in [0.05, 0.1) is 5.57 Å². The molecular formula is C13H10F5N5O3. The third kappa shape index (κ3) is 3.24. The van der Waals surface area contributed by atoms with Gasteiger partial charge in [-0.25, -0.2) is 9.50 Å². The summed E-state index contributed by atoms with van der Waals surface area (Å²) in [6.45, 7) is -1.97. The molecule has 1 atom stereocenters. The highest BCUT2D eigenvalue weighted by Gasteiger charge is 2.58. The number of amides is 1. The fourth-order valence-electron chi connectivity index (χ4n) is 2.04. The van der Waals surface area contributed by atoms with Crippen molar-refractivity contribution in [2.24, 2.45) is 0 Å². The monoisotopic (exact) mass is 379 g/mol. The summed E-state index contributed by atoms with van der Waals surface area (Å²) in [5.41, 5.74) is -0.312. The lowest BCUT2D eigenvalue weighted by Gasteiger charge is -2.21. The first-order valence-electron chi connectivity index (χ1n) is 6.96. The maximum absolute atomic E-state index is 13.1. The van der Waals surface area contributed by atoms with E-state index in [1.807, 2.05) is 0 Å². The van der Waals surface area contributed by atoms with E-state index in [0.717, 1.165) is 16.8 Å². The molecule has 0 radical (unpaired) electrons. The van der Waals surface area contributed by atoms with Gasteiger partial charge in [0.25, 0.3) is 5.91 Å². The second-order valence-corrected chi connectivity index (χ2v) is 5.18. The van der Waals surface area contributed by atoms with Crippen molar-refractivity contribution in [1.82, 2.24) is 25.2 Å². The Labute approximate surface area is 141 Å². The van der Waals surface area contributed by atoms with Gasteiger partial charge >= 0.3 is 12.1 Å². The van der Waals surface area contributed by atoms with Crippen molar-refractivity contribution in [1.29, 1.82) is 0 Å². The number of aliphatic hydroxyl groups is 1. The molecule has 1 amide bonds. The molecule has 1 unspecified atom stereocenters. The Kier molecular flexibility index (Phi) is 4.18. The number of imidazole rings is 1. The van der Waals surface area contributed by atoms with Gasteiger partial charge in [0, 0.05) is 24.7 Å². The Morgan fingerprint density at radius 2 is 2.04 bits per heavy atom. The van der Waals surface area contributed by atoms with Crippen molar-refractivity contribution in [3.63, 3.8) is 0 Å². The van der Waals surface area contributed by atoms with Crippen LogP contribution >= 0.6 is 0 Å². The van der Waals surface area contributed by atoms with Gasteiger partial charge in [-0.1, -0.05) is 0 Å². The van der Waals surface area contributed by atoms with E-state index in [4.69, 9.17) is 0 Å². The summed E-state index contributed by atoms with van der Waals surface area (Å²) in [6.07, 6.45) is -3.48. The van der Waals surface area contributed by atoms with Crippen molar-refractivity contribution < 1.29 is 36.6 Å². The quantitative estimate of drug-likeness (QED) is 0.675. The number of aliphatic hydroxyl groups excluding tert-OH is 1. The van der Waals surface area contributed by atoms with Crippen molar-refractivity contribution in [3.8, 4) is 5.75 Å².